The molecular weight excluding hydrogens is 410 g/mol. The van der Waals surface area contributed by atoms with Crippen molar-refractivity contribution >= 4 is 22.8 Å². The summed E-state index contributed by atoms with van der Waals surface area (Å²) in [4.78, 5) is 6.60. The third kappa shape index (κ3) is 6.04. The predicted molar refractivity (Wildman–Crippen MR) is 131 cm³/mol. The van der Waals surface area contributed by atoms with Gasteiger partial charge in [-0.15, -0.1) is 0 Å². The summed E-state index contributed by atoms with van der Waals surface area (Å²) in [5, 5.41) is 0.319. The first kappa shape index (κ1) is 25.7. The summed E-state index contributed by atoms with van der Waals surface area (Å²) in [5.41, 5.74) is 6.85. The lowest BCUT2D eigenvalue weighted by atomic mass is 10.2. The van der Waals surface area contributed by atoms with Gasteiger partial charge in [-0.05, 0) is 41.8 Å². The second kappa shape index (κ2) is 9.15. The molecule has 2 aliphatic heterocycles. The average molecular weight is 456 g/mol. The number of nitrogens with two attached hydrogens (primary N) is 1. The SMILES string of the molecule is CC(C)(C)[Si](C)(C)OC[C@H]1O[C@@H](N2C=C(CN)C=NC2)C[C@@H]1O[Si](C)(C)C(C)(C)C. The predicted octanol–water partition coefficient (Wildman–Crippen LogP) is 4.70. The number of hydrogen-bond donors (Lipinski definition) is 1. The molecule has 0 bridgehead atoms. The van der Waals surface area contributed by atoms with Gasteiger partial charge in [0.25, 0.3) is 0 Å². The van der Waals surface area contributed by atoms with Crippen molar-refractivity contribution in [3.8, 4) is 0 Å². The summed E-state index contributed by atoms with van der Waals surface area (Å²) in [6.45, 7) is 24.5. The fraction of sp³-hybridized carbons (Fsp3) is 0.864. The molecule has 2 heterocycles. The van der Waals surface area contributed by atoms with Crippen molar-refractivity contribution < 1.29 is 13.6 Å². The lowest BCUT2D eigenvalue weighted by molar-refractivity contribution is -0.0602. The van der Waals surface area contributed by atoms with Crippen LogP contribution in [0.1, 0.15) is 48.0 Å². The zero-order valence-electron chi connectivity index (χ0n) is 20.9. The quantitative estimate of drug-likeness (QED) is 0.564. The topological polar surface area (TPSA) is 69.3 Å². The van der Waals surface area contributed by atoms with E-state index in [1.165, 1.54) is 0 Å². The van der Waals surface area contributed by atoms with Crippen molar-refractivity contribution in [3.63, 3.8) is 0 Å². The van der Waals surface area contributed by atoms with E-state index < -0.39 is 16.6 Å². The molecule has 0 aliphatic carbocycles. The van der Waals surface area contributed by atoms with Crippen LogP contribution in [0.25, 0.3) is 0 Å². The van der Waals surface area contributed by atoms with Gasteiger partial charge in [0.05, 0.1) is 12.7 Å². The Morgan fingerprint density at radius 3 is 2.23 bits per heavy atom. The molecule has 2 N–H and O–H groups in total. The van der Waals surface area contributed by atoms with E-state index in [1.54, 1.807) is 0 Å². The van der Waals surface area contributed by atoms with E-state index in [9.17, 15) is 0 Å². The van der Waals surface area contributed by atoms with E-state index in [0.29, 0.717) is 19.8 Å². The summed E-state index contributed by atoms with van der Waals surface area (Å²) in [5.74, 6) is 0. The fourth-order valence-corrected chi connectivity index (χ4v) is 5.43. The second-order valence-corrected chi connectivity index (χ2v) is 21.3. The van der Waals surface area contributed by atoms with Crippen molar-refractivity contribution in [3.05, 3.63) is 11.8 Å². The normalized spacial score (nSPS) is 26.3. The van der Waals surface area contributed by atoms with Crippen LogP contribution in [-0.2, 0) is 13.6 Å². The van der Waals surface area contributed by atoms with E-state index in [-0.39, 0.29) is 28.5 Å². The number of nitrogens with zero attached hydrogens (tertiary/aromatic N) is 2. The lowest BCUT2D eigenvalue weighted by Gasteiger charge is -2.40. The first-order valence-electron chi connectivity index (χ1n) is 11.2. The Bertz CT molecular complexity index is 651. The molecule has 6 nitrogen and oxygen atoms in total. The molecule has 0 spiro atoms. The van der Waals surface area contributed by atoms with Crippen molar-refractivity contribution in [2.75, 3.05) is 19.8 Å². The minimum atomic E-state index is -1.93. The Balaban J connectivity index is 2.18. The molecule has 0 aromatic carbocycles. The van der Waals surface area contributed by atoms with Crippen LogP contribution in [0.15, 0.2) is 16.8 Å². The molecule has 8 heteroatoms. The highest BCUT2D eigenvalue weighted by atomic mass is 28.4. The molecule has 30 heavy (non-hydrogen) atoms. The molecule has 1 fully saturated rings. The summed E-state index contributed by atoms with van der Waals surface area (Å²) in [6.07, 6.45) is 4.65. The molecule has 0 amide bonds. The fourth-order valence-electron chi connectivity index (χ4n) is 3.06. The van der Waals surface area contributed by atoms with Gasteiger partial charge in [0.1, 0.15) is 19.0 Å². The van der Waals surface area contributed by atoms with Gasteiger partial charge < -0.3 is 24.2 Å². The van der Waals surface area contributed by atoms with Crippen molar-refractivity contribution in [2.45, 2.75) is 103 Å². The molecule has 0 aromatic rings. The summed E-state index contributed by atoms with van der Waals surface area (Å²) in [6, 6.07) is 0. The monoisotopic (exact) mass is 455 g/mol. The van der Waals surface area contributed by atoms with Crippen molar-refractivity contribution in [1.29, 1.82) is 0 Å². The standard InChI is InChI=1S/C22H45N3O3Si2/c1-21(2,3)29(7,8)26-15-19-18(28-30(9,10)22(4,5)6)11-20(27-19)25-14-17(12-23)13-24-16-25/h13-14,18-20H,11-12,15-16,23H2,1-10H3/t18-,19+,20+/m0/s1. The third-order valence-electron chi connectivity index (χ3n) is 7.29. The maximum atomic E-state index is 6.84. The average Bonchev–Trinajstić information content (AvgIpc) is 3.00. The molecular formula is C22H45N3O3Si2. The van der Waals surface area contributed by atoms with Gasteiger partial charge in [0, 0.05) is 25.4 Å². The van der Waals surface area contributed by atoms with Crippen molar-refractivity contribution in [2.24, 2.45) is 10.7 Å². The van der Waals surface area contributed by atoms with Crippen LogP contribution in [0.2, 0.25) is 36.3 Å². The minimum absolute atomic E-state index is 0.0290. The molecule has 2 rings (SSSR count). The Morgan fingerprint density at radius 1 is 1.10 bits per heavy atom. The zero-order valence-corrected chi connectivity index (χ0v) is 22.9. The number of rotatable bonds is 7. The number of ether oxygens (including phenoxy) is 1. The Hall–Kier alpha value is -0.516. The first-order chi connectivity index (χ1) is 13.6. The van der Waals surface area contributed by atoms with Crippen molar-refractivity contribution in [1.82, 2.24) is 4.90 Å². The minimum Gasteiger partial charge on any atom is -0.414 e. The Morgan fingerprint density at radius 2 is 1.70 bits per heavy atom. The summed E-state index contributed by atoms with van der Waals surface area (Å²) < 4.78 is 19.9. The Labute approximate surface area is 186 Å². The smallest absolute Gasteiger partial charge is 0.192 e. The molecule has 0 aromatic heterocycles. The highest BCUT2D eigenvalue weighted by molar-refractivity contribution is 6.74. The van der Waals surface area contributed by atoms with Crippen LogP contribution in [0.5, 0.6) is 0 Å². The van der Waals surface area contributed by atoms with E-state index in [4.69, 9.17) is 19.3 Å². The largest absolute Gasteiger partial charge is 0.414 e. The van der Waals surface area contributed by atoms with E-state index in [0.717, 1.165) is 12.0 Å². The highest BCUT2D eigenvalue weighted by Crippen LogP contribution is 2.41. The van der Waals surface area contributed by atoms with Crippen LogP contribution in [0.3, 0.4) is 0 Å². The van der Waals surface area contributed by atoms with E-state index >= 15 is 0 Å². The maximum absolute atomic E-state index is 6.84. The van der Waals surface area contributed by atoms with Gasteiger partial charge in [-0.1, -0.05) is 41.5 Å². The highest BCUT2D eigenvalue weighted by Gasteiger charge is 2.47. The molecule has 0 saturated carbocycles. The third-order valence-corrected chi connectivity index (χ3v) is 16.3. The van der Waals surface area contributed by atoms with E-state index in [1.807, 2.05) is 6.21 Å². The van der Waals surface area contributed by atoms with Gasteiger partial charge in [-0.2, -0.15) is 0 Å². The van der Waals surface area contributed by atoms with Crippen LogP contribution in [-0.4, -0.2) is 66.0 Å². The van der Waals surface area contributed by atoms with Gasteiger partial charge >= 0.3 is 0 Å². The van der Waals surface area contributed by atoms with Gasteiger partial charge in [-0.25, -0.2) is 0 Å². The molecule has 1 saturated heterocycles. The molecule has 0 radical (unpaired) electrons. The second-order valence-electron chi connectivity index (χ2n) is 11.7. The Kier molecular flexibility index (Phi) is 7.85. The van der Waals surface area contributed by atoms with Crippen LogP contribution in [0.4, 0.5) is 0 Å². The van der Waals surface area contributed by atoms with Gasteiger partial charge in [0.2, 0.25) is 0 Å². The van der Waals surface area contributed by atoms with Crippen LogP contribution < -0.4 is 5.73 Å². The number of aliphatic imine (C=N–C) groups is 1. The van der Waals surface area contributed by atoms with Crippen LogP contribution in [0, 0.1) is 0 Å². The lowest BCUT2D eigenvalue weighted by Crippen LogP contribution is -2.48. The molecule has 0 unspecified atom stereocenters. The van der Waals surface area contributed by atoms with E-state index in [2.05, 4.69) is 83.8 Å². The van der Waals surface area contributed by atoms with Crippen LogP contribution >= 0.6 is 0 Å². The van der Waals surface area contributed by atoms with Gasteiger partial charge in [-0.3, -0.25) is 4.99 Å². The van der Waals surface area contributed by atoms with Gasteiger partial charge in [0.15, 0.2) is 16.6 Å². The zero-order chi connectivity index (χ0) is 23.0. The maximum Gasteiger partial charge on any atom is 0.192 e. The molecule has 2 aliphatic rings. The first-order valence-corrected chi connectivity index (χ1v) is 17.0. The number of hydrogen-bond acceptors (Lipinski definition) is 6. The molecule has 3 atom stereocenters. The summed E-state index contributed by atoms with van der Waals surface area (Å²) >= 11 is 0. The summed E-state index contributed by atoms with van der Waals surface area (Å²) in [7, 11) is -3.80. The molecule has 174 valence electrons.